The van der Waals surface area contributed by atoms with Gasteiger partial charge in [-0.2, -0.15) is 0 Å². The van der Waals surface area contributed by atoms with Gasteiger partial charge in [-0.1, -0.05) is 6.07 Å². The van der Waals surface area contributed by atoms with Crippen molar-refractivity contribution in [2.24, 2.45) is 0 Å². The van der Waals surface area contributed by atoms with Gasteiger partial charge >= 0.3 is 0 Å². The van der Waals surface area contributed by atoms with Crippen LogP contribution in [0.1, 0.15) is 10.4 Å². The number of anilines is 2. The van der Waals surface area contributed by atoms with Gasteiger partial charge in [-0.3, -0.25) is 4.79 Å². The number of rotatable bonds is 3. The van der Waals surface area contributed by atoms with Gasteiger partial charge in [0.2, 0.25) is 0 Å². The summed E-state index contributed by atoms with van der Waals surface area (Å²) in [6, 6.07) is 7.24. The number of hydrogen-bond acceptors (Lipinski definition) is 2. The van der Waals surface area contributed by atoms with Gasteiger partial charge in [-0.05, 0) is 30.3 Å². The van der Waals surface area contributed by atoms with Crippen molar-refractivity contribution in [1.82, 2.24) is 0 Å². The van der Waals surface area contributed by atoms with Crippen molar-refractivity contribution < 1.29 is 18.0 Å². The van der Waals surface area contributed by atoms with E-state index in [0.29, 0.717) is 5.69 Å². The van der Waals surface area contributed by atoms with Crippen molar-refractivity contribution in [3.05, 3.63) is 59.4 Å². The van der Waals surface area contributed by atoms with Gasteiger partial charge in [0.25, 0.3) is 5.91 Å². The molecule has 3 nitrogen and oxygen atoms in total. The molecule has 1 amide bonds. The molecule has 21 heavy (non-hydrogen) atoms. The van der Waals surface area contributed by atoms with Crippen LogP contribution >= 0.6 is 0 Å². The monoisotopic (exact) mass is 294 g/mol. The summed E-state index contributed by atoms with van der Waals surface area (Å²) in [4.78, 5) is 13.3. The Kier molecular flexibility index (Phi) is 4.16. The highest BCUT2D eigenvalue weighted by atomic mass is 19.1. The van der Waals surface area contributed by atoms with Crippen LogP contribution in [0.3, 0.4) is 0 Å². The molecule has 0 spiro atoms. The Morgan fingerprint density at radius 3 is 2.24 bits per heavy atom. The van der Waals surface area contributed by atoms with E-state index < -0.39 is 23.4 Å². The smallest absolute Gasteiger partial charge is 0.258 e. The Morgan fingerprint density at radius 2 is 1.71 bits per heavy atom. The molecule has 2 aromatic carbocycles. The molecule has 2 rings (SSSR count). The van der Waals surface area contributed by atoms with Crippen LogP contribution < -0.4 is 10.2 Å². The minimum Gasteiger partial charge on any atom is -0.383 e. The Bertz CT molecular complexity index is 665. The topological polar surface area (TPSA) is 32.3 Å². The maximum Gasteiger partial charge on any atom is 0.258 e. The molecule has 0 fully saturated rings. The highest BCUT2D eigenvalue weighted by Gasteiger charge is 2.18. The number of benzene rings is 2. The minimum atomic E-state index is -0.867. The first-order valence-electron chi connectivity index (χ1n) is 6.14. The Morgan fingerprint density at radius 1 is 1.10 bits per heavy atom. The zero-order valence-corrected chi connectivity index (χ0v) is 11.5. The van der Waals surface area contributed by atoms with Gasteiger partial charge in [0, 0.05) is 25.3 Å². The van der Waals surface area contributed by atoms with E-state index in [4.69, 9.17) is 0 Å². The fourth-order valence-corrected chi connectivity index (χ4v) is 1.93. The normalized spacial score (nSPS) is 10.3. The van der Waals surface area contributed by atoms with E-state index in [1.807, 2.05) is 0 Å². The molecule has 1 N–H and O–H groups in total. The standard InChI is InChI=1S/C15H13F3N2O/c1-19-14-12(17)6-9(7-13(14)18)15(21)20(2)11-5-3-4-10(16)8-11/h3-8,19H,1-2H3. The third-order valence-corrected chi connectivity index (χ3v) is 3.04. The molecular weight excluding hydrogens is 281 g/mol. The van der Waals surface area contributed by atoms with Crippen LogP contribution in [0.25, 0.3) is 0 Å². The van der Waals surface area contributed by atoms with E-state index in [1.54, 1.807) is 0 Å². The van der Waals surface area contributed by atoms with Gasteiger partial charge < -0.3 is 10.2 Å². The molecular formula is C15H13F3N2O. The molecule has 0 heterocycles. The Labute approximate surface area is 120 Å². The zero-order valence-electron chi connectivity index (χ0n) is 11.5. The second-order valence-electron chi connectivity index (χ2n) is 4.41. The van der Waals surface area contributed by atoms with E-state index in [2.05, 4.69) is 5.32 Å². The maximum atomic E-state index is 13.7. The number of nitrogens with zero attached hydrogens (tertiary/aromatic N) is 1. The van der Waals surface area contributed by atoms with Gasteiger partial charge in [0.1, 0.15) is 23.1 Å². The molecule has 0 aromatic heterocycles. The van der Waals surface area contributed by atoms with E-state index >= 15 is 0 Å². The van der Waals surface area contributed by atoms with Crippen LogP contribution in [0.4, 0.5) is 24.5 Å². The molecule has 0 radical (unpaired) electrons. The molecule has 0 aliphatic rings. The first-order chi connectivity index (χ1) is 9.93. The molecule has 0 atom stereocenters. The first kappa shape index (κ1) is 14.9. The van der Waals surface area contributed by atoms with E-state index in [9.17, 15) is 18.0 Å². The van der Waals surface area contributed by atoms with Crippen LogP contribution in [0.2, 0.25) is 0 Å². The highest BCUT2D eigenvalue weighted by Crippen LogP contribution is 2.22. The number of amides is 1. The lowest BCUT2D eigenvalue weighted by Gasteiger charge is -2.18. The summed E-state index contributed by atoms with van der Waals surface area (Å²) in [5.41, 5.74) is -0.172. The second kappa shape index (κ2) is 5.87. The van der Waals surface area contributed by atoms with Crippen molar-refractivity contribution in [2.75, 3.05) is 24.3 Å². The van der Waals surface area contributed by atoms with Crippen molar-refractivity contribution >= 4 is 17.3 Å². The number of carbonyl (C=O) groups excluding carboxylic acids is 1. The van der Waals surface area contributed by atoms with Crippen LogP contribution in [0.5, 0.6) is 0 Å². The summed E-state index contributed by atoms with van der Waals surface area (Å²) in [7, 11) is 2.78. The van der Waals surface area contributed by atoms with E-state index in [1.165, 1.54) is 32.3 Å². The number of halogens is 3. The predicted molar refractivity (Wildman–Crippen MR) is 75.0 cm³/mol. The lowest BCUT2D eigenvalue weighted by molar-refractivity contribution is 0.0992. The number of carbonyl (C=O) groups is 1. The number of nitrogens with one attached hydrogen (secondary N) is 1. The summed E-state index contributed by atoms with van der Waals surface area (Å²) in [6.45, 7) is 0. The van der Waals surface area contributed by atoms with Crippen LogP contribution in [0.15, 0.2) is 36.4 Å². The SMILES string of the molecule is CNc1c(F)cc(C(=O)N(C)c2cccc(F)c2)cc1F. The highest BCUT2D eigenvalue weighted by molar-refractivity contribution is 6.05. The summed E-state index contributed by atoms with van der Waals surface area (Å²) < 4.78 is 40.5. The maximum absolute atomic E-state index is 13.7. The molecule has 2 aromatic rings. The average Bonchev–Trinajstić information content (AvgIpc) is 2.45. The molecule has 0 aliphatic carbocycles. The number of hydrogen-bond donors (Lipinski definition) is 1. The van der Waals surface area contributed by atoms with E-state index in [0.717, 1.165) is 23.1 Å². The third kappa shape index (κ3) is 2.99. The zero-order chi connectivity index (χ0) is 15.6. The lowest BCUT2D eigenvalue weighted by Crippen LogP contribution is -2.26. The molecule has 0 unspecified atom stereocenters. The largest absolute Gasteiger partial charge is 0.383 e. The van der Waals surface area contributed by atoms with Crippen molar-refractivity contribution in [1.29, 1.82) is 0 Å². The molecule has 0 saturated heterocycles. The lowest BCUT2D eigenvalue weighted by atomic mass is 10.1. The van der Waals surface area contributed by atoms with Gasteiger partial charge in [0.15, 0.2) is 0 Å². The van der Waals surface area contributed by atoms with E-state index in [-0.39, 0.29) is 11.3 Å². The summed E-state index contributed by atoms with van der Waals surface area (Å²) in [5.74, 6) is -2.88. The molecule has 6 heteroatoms. The summed E-state index contributed by atoms with van der Waals surface area (Å²) in [5, 5.41) is 2.37. The van der Waals surface area contributed by atoms with Crippen molar-refractivity contribution in [3.8, 4) is 0 Å². The van der Waals surface area contributed by atoms with Crippen LogP contribution in [0, 0.1) is 17.5 Å². The molecule has 0 bridgehead atoms. The Balaban J connectivity index is 2.36. The molecule has 110 valence electrons. The molecule has 0 aliphatic heterocycles. The van der Waals surface area contributed by atoms with Gasteiger partial charge in [-0.15, -0.1) is 0 Å². The summed E-state index contributed by atoms with van der Waals surface area (Å²) >= 11 is 0. The minimum absolute atomic E-state index is 0.157. The quantitative estimate of drug-likeness (QED) is 0.940. The van der Waals surface area contributed by atoms with Crippen molar-refractivity contribution in [3.63, 3.8) is 0 Å². The predicted octanol–water partition coefficient (Wildman–Crippen LogP) is 3.42. The Hall–Kier alpha value is -2.50. The molecule has 0 saturated carbocycles. The van der Waals surface area contributed by atoms with Gasteiger partial charge in [-0.25, -0.2) is 13.2 Å². The van der Waals surface area contributed by atoms with Crippen molar-refractivity contribution in [2.45, 2.75) is 0 Å². The third-order valence-electron chi connectivity index (χ3n) is 3.04. The average molecular weight is 294 g/mol. The second-order valence-corrected chi connectivity index (χ2v) is 4.41. The fourth-order valence-electron chi connectivity index (χ4n) is 1.93. The first-order valence-corrected chi connectivity index (χ1v) is 6.14. The fraction of sp³-hybridized carbons (Fsp3) is 0.133. The van der Waals surface area contributed by atoms with Gasteiger partial charge in [0.05, 0.1) is 0 Å². The summed E-state index contributed by atoms with van der Waals surface area (Å²) in [6.07, 6.45) is 0. The van der Waals surface area contributed by atoms with Crippen LogP contribution in [-0.4, -0.2) is 20.0 Å². The van der Waals surface area contributed by atoms with Crippen LogP contribution in [-0.2, 0) is 0 Å².